The van der Waals surface area contributed by atoms with E-state index in [4.69, 9.17) is 9.47 Å². The van der Waals surface area contributed by atoms with Gasteiger partial charge < -0.3 is 14.8 Å². The summed E-state index contributed by atoms with van der Waals surface area (Å²) in [6.07, 6.45) is 0. The minimum absolute atomic E-state index is 0.0308. The van der Waals surface area contributed by atoms with E-state index in [2.05, 4.69) is 5.32 Å². The lowest BCUT2D eigenvalue weighted by molar-refractivity contribution is -0.115. The van der Waals surface area contributed by atoms with E-state index in [0.29, 0.717) is 28.5 Å². The van der Waals surface area contributed by atoms with Gasteiger partial charge in [0.2, 0.25) is 12.7 Å². The second kappa shape index (κ2) is 8.00. The number of benzene rings is 3. The summed E-state index contributed by atoms with van der Waals surface area (Å²) in [4.78, 5) is 27.2. The molecule has 1 N–H and O–H groups in total. The average Bonchev–Trinajstić information content (AvgIpc) is 3.40. The second-order valence-corrected chi connectivity index (χ2v) is 8.43. The van der Waals surface area contributed by atoms with Gasteiger partial charge in [0.15, 0.2) is 11.5 Å². The first-order chi connectivity index (χ1) is 15.1. The third kappa shape index (κ3) is 3.72. The predicted octanol–water partition coefficient (Wildman–Crippen LogP) is 4.75. The summed E-state index contributed by atoms with van der Waals surface area (Å²) in [6, 6.07) is 20.6. The van der Waals surface area contributed by atoms with Crippen molar-refractivity contribution in [2.45, 2.75) is 12.3 Å². The largest absolute Gasteiger partial charge is 0.454 e. The molecule has 5 rings (SSSR count). The minimum Gasteiger partial charge on any atom is -0.454 e. The van der Waals surface area contributed by atoms with Gasteiger partial charge in [-0.15, -0.1) is 11.8 Å². The van der Waals surface area contributed by atoms with Crippen molar-refractivity contribution in [2.24, 2.45) is 0 Å². The van der Waals surface area contributed by atoms with Crippen molar-refractivity contribution in [3.05, 3.63) is 83.4 Å². The highest BCUT2D eigenvalue weighted by molar-refractivity contribution is 8.00. The summed E-state index contributed by atoms with van der Waals surface area (Å²) in [5, 5.41) is 2.78. The van der Waals surface area contributed by atoms with Crippen molar-refractivity contribution in [1.29, 1.82) is 0 Å². The smallest absolute Gasteiger partial charge is 0.255 e. The Balaban J connectivity index is 1.41. The molecule has 0 bridgehead atoms. The van der Waals surface area contributed by atoms with Crippen LogP contribution in [0.5, 0.6) is 11.5 Å². The van der Waals surface area contributed by atoms with Crippen LogP contribution in [0.25, 0.3) is 0 Å². The van der Waals surface area contributed by atoms with Crippen molar-refractivity contribution in [1.82, 2.24) is 0 Å². The number of hydrogen-bond acceptors (Lipinski definition) is 5. The van der Waals surface area contributed by atoms with E-state index in [0.717, 1.165) is 16.8 Å². The Morgan fingerprint density at radius 3 is 2.74 bits per heavy atom. The highest BCUT2D eigenvalue weighted by Crippen LogP contribution is 2.45. The highest BCUT2D eigenvalue weighted by atomic mass is 32.2. The number of carbonyl (C=O) groups is 2. The number of amides is 2. The van der Waals surface area contributed by atoms with Gasteiger partial charge in [0.25, 0.3) is 5.91 Å². The zero-order valence-electron chi connectivity index (χ0n) is 16.8. The van der Waals surface area contributed by atoms with Crippen LogP contribution >= 0.6 is 11.8 Å². The summed E-state index contributed by atoms with van der Waals surface area (Å²) in [5.74, 6) is 1.58. The molecule has 0 saturated carbocycles. The monoisotopic (exact) mass is 432 g/mol. The molecule has 7 heteroatoms. The van der Waals surface area contributed by atoms with Crippen LogP contribution in [0.4, 0.5) is 11.4 Å². The van der Waals surface area contributed by atoms with E-state index in [1.807, 2.05) is 67.6 Å². The molecule has 1 fully saturated rings. The lowest BCUT2D eigenvalue weighted by Crippen LogP contribution is -2.27. The maximum absolute atomic E-state index is 12.7. The second-order valence-electron chi connectivity index (χ2n) is 7.36. The van der Waals surface area contributed by atoms with Crippen LogP contribution in [0.2, 0.25) is 0 Å². The molecule has 2 heterocycles. The molecular weight excluding hydrogens is 412 g/mol. The number of rotatable bonds is 4. The van der Waals surface area contributed by atoms with Gasteiger partial charge >= 0.3 is 0 Å². The van der Waals surface area contributed by atoms with E-state index in [1.165, 1.54) is 0 Å². The molecule has 1 unspecified atom stereocenters. The van der Waals surface area contributed by atoms with Crippen molar-refractivity contribution in [2.75, 3.05) is 22.8 Å². The number of thioether (sulfide) groups is 1. The van der Waals surface area contributed by atoms with Gasteiger partial charge in [-0.3, -0.25) is 14.5 Å². The number of nitrogens with zero attached hydrogens (tertiary/aromatic N) is 1. The van der Waals surface area contributed by atoms with E-state index in [9.17, 15) is 9.59 Å². The number of ether oxygens (including phenoxy) is 2. The quantitative estimate of drug-likeness (QED) is 0.644. The number of anilines is 2. The Bertz CT molecular complexity index is 1180. The third-order valence-corrected chi connectivity index (χ3v) is 6.53. The summed E-state index contributed by atoms with van der Waals surface area (Å²) in [5.41, 5.74) is 3.95. The fraction of sp³-hybridized carbons (Fsp3) is 0.167. The normalized spacial score (nSPS) is 17.1. The van der Waals surface area contributed by atoms with Crippen LogP contribution in [0.15, 0.2) is 66.7 Å². The van der Waals surface area contributed by atoms with Crippen LogP contribution in [0.1, 0.15) is 26.9 Å². The Labute approximate surface area is 184 Å². The fourth-order valence-electron chi connectivity index (χ4n) is 3.78. The van der Waals surface area contributed by atoms with Crippen LogP contribution < -0.4 is 19.7 Å². The summed E-state index contributed by atoms with van der Waals surface area (Å²) >= 11 is 1.56. The first-order valence-corrected chi connectivity index (χ1v) is 11.0. The first kappa shape index (κ1) is 19.5. The molecule has 2 amide bonds. The number of nitrogens with one attached hydrogen (secondary N) is 1. The van der Waals surface area contributed by atoms with Crippen LogP contribution in [-0.2, 0) is 4.79 Å². The minimum atomic E-state index is -0.191. The van der Waals surface area contributed by atoms with Gasteiger partial charge in [0.05, 0.1) is 5.75 Å². The Morgan fingerprint density at radius 1 is 1.03 bits per heavy atom. The molecular formula is C24H20N2O4S. The average molecular weight is 433 g/mol. The van der Waals surface area contributed by atoms with Gasteiger partial charge in [-0.2, -0.15) is 0 Å². The number of hydrogen-bond donors (Lipinski definition) is 1. The number of carbonyl (C=O) groups excluding carboxylic acids is 2. The standard InChI is InChI=1S/C24H20N2O4S/c1-15-5-2-3-8-19(15)23(28)25-17-7-4-6-16(11-17)24-26(22(27)13-31-24)18-9-10-20-21(12-18)30-14-29-20/h2-12,24H,13-14H2,1H3,(H,25,28). The lowest BCUT2D eigenvalue weighted by atomic mass is 10.1. The number of aryl methyl sites for hydroxylation is 1. The molecule has 0 spiro atoms. The van der Waals surface area contributed by atoms with Gasteiger partial charge in [-0.1, -0.05) is 30.3 Å². The molecule has 1 saturated heterocycles. The van der Waals surface area contributed by atoms with Crippen molar-refractivity contribution in [3.8, 4) is 11.5 Å². The number of fused-ring (bicyclic) bond motifs is 1. The molecule has 0 aromatic heterocycles. The van der Waals surface area contributed by atoms with Crippen molar-refractivity contribution < 1.29 is 19.1 Å². The topological polar surface area (TPSA) is 67.9 Å². The Hall–Kier alpha value is -3.45. The molecule has 3 aromatic carbocycles. The maximum Gasteiger partial charge on any atom is 0.255 e. The van der Waals surface area contributed by atoms with Crippen LogP contribution in [0, 0.1) is 6.92 Å². The van der Waals surface area contributed by atoms with Crippen molar-refractivity contribution >= 4 is 35.0 Å². The lowest BCUT2D eigenvalue weighted by Gasteiger charge is -2.25. The molecule has 2 aliphatic rings. The van der Waals surface area contributed by atoms with Gasteiger partial charge in [0.1, 0.15) is 5.37 Å². The summed E-state index contributed by atoms with van der Waals surface area (Å²) < 4.78 is 10.9. The van der Waals surface area contributed by atoms with Gasteiger partial charge in [-0.05, 0) is 48.4 Å². The van der Waals surface area contributed by atoms with E-state index in [-0.39, 0.29) is 24.0 Å². The maximum atomic E-state index is 12.7. The molecule has 156 valence electrons. The Morgan fingerprint density at radius 2 is 1.87 bits per heavy atom. The van der Waals surface area contributed by atoms with Crippen molar-refractivity contribution in [3.63, 3.8) is 0 Å². The SMILES string of the molecule is Cc1ccccc1C(=O)Nc1cccc(C2SCC(=O)N2c2ccc3c(c2)OCO3)c1. The fourth-order valence-corrected chi connectivity index (χ4v) is 4.95. The van der Waals surface area contributed by atoms with E-state index >= 15 is 0 Å². The molecule has 0 radical (unpaired) electrons. The molecule has 6 nitrogen and oxygen atoms in total. The first-order valence-electron chi connectivity index (χ1n) is 9.90. The summed E-state index contributed by atoms with van der Waals surface area (Å²) in [7, 11) is 0. The third-order valence-electron chi connectivity index (χ3n) is 5.32. The van der Waals surface area contributed by atoms with Gasteiger partial charge in [0, 0.05) is 23.0 Å². The molecule has 1 atom stereocenters. The molecule has 31 heavy (non-hydrogen) atoms. The van der Waals surface area contributed by atoms with Crippen LogP contribution in [-0.4, -0.2) is 24.4 Å². The highest BCUT2D eigenvalue weighted by Gasteiger charge is 2.35. The summed E-state index contributed by atoms with van der Waals surface area (Å²) in [6.45, 7) is 2.10. The Kier molecular flexibility index (Phi) is 5.03. The van der Waals surface area contributed by atoms with Gasteiger partial charge in [-0.25, -0.2) is 0 Å². The molecule has 0 aliphatic carbocycles. The predicted molar refractivity (Wildman–Crippen MR) is 121 cm³/mol. The zero-order chi connectivity index (χ0) is 21.4. The molecule has 3 aromatic rings. The van der Waals surface area contributed by atoms with E-state index < -0.39 is 0 Å². The van der Waals surface area contributed by atoms with Crippen LogP contribution in [0.3, 0.4) is 0 Å². The van der Waals surface area contributed by atoms with E-state index in [1.54, 1.807) is 22.7 Å². The molecule has 2 aliphatic heterocycles. The zero-order valence-corrected chi connectivity index (χ0v) is 17.6.